The van der Waals surface area contributed by atoms with Crippen molar-refractivity contribution < 1.29 is 23.9 Å². The van der Waals surface area contributed by atoms with Gasteiger partial charge in [-0.3, -0.25) is 19.2 Å². The lowest BCUT2D eigenvalue weighted by Gasteiger charge is -2.31. The van der Waals surface area contributed by atoms with E-state index in [0.717, 1.165) is 11.1 Å². The summed E-state index contributed by atoms with van der Waals surface area (Å²) < 4.78 is 5.88. The number of carbonyl (C=O) groups is 4. The topological polar surface area (TPSA) is 92.8 Å². The number of nitrogens with zero attached hydrogens (tertiary/aromatic N) is 1. The minimum absolute atomic E-state index is 0.0529. The molecule has 3 aromatic carbocycles. The first-order chi connectivity index (χ1) is 17.6. The molecular weight excluding hydrogens is 468 g/mol. The van der Waals surface area contributed by atoms with Crippen molar-refractivity contribution in [2.75, 3.05) is 10.2 Å². The van der Waals surface area contributed by atoms with Gasteiger partial charge in [0.15, 0.2) is 5.78 Å². The first-order valence-corrected chi connectivity index (χ1v) is 12.4. The fraction of sp³-hybridized carbons (Fsp3) is 0.267. The van der Waals surface area contributed by atoms with E-state index in [-0.39, 0.29) is 28.9 Å². The van der Waals surface area contributed by atoms with Gasteiger partial charge in [-0.2, -0.15) is 0 Å². The summed E-state index contributed by atoms with van der Waals surface area (Å²) in [4.78, 5) is 53.6. The predicted molar refractivity (Wildman–Crippen MR) is 141 cm³/mol. The maximum absolute atomic E-state index is 13.4. The highest BCUT2D eigenvalue weighted by atomic mass is 16.5. The summed E-state index contributed by atoms with van der Waals surface area (Å²) in [7, 11) is 0. The standard InChI is InChI=1S/C30H28N2O5/c1-5-17-8-7-9-18(6-2)26(17)32-28(35)21-12-10-19(14-22(21)29(32)36)27(34)31-20-11-13-25-23(15-20)24(33)16-30(3,4)37-25/h7-15H,5-6,16H2,1-4H3,(H,31,34). The van der Waals surface area contributed by atoms with E-state index >= 15 is 0 Å². The number of amides is 3. The van der Waals surface area contributed by atoms with Gasteiger partial charge in [-0.25, -0.2) is 4.90 Å². The summed E-state index contributed by atoms with van der Waals surface area (Å²) in [5.74, 6) is -0.847. The number of hydrogen-bond acceptors (Lipinski definition) is 5. The number of rotatable bonds is 5. The van der Waals surface area contributed by atoms with E-state index in [1.54, 1.807) is 18.2 Å². The molecule has 0 spiro atoms. The lowest BCUT2D eigenvalue weighted by Crippen LogP contribution is -2.35. The molecule has 0 aliphatic carbocycles. The maximum Gasteiger partial charge on any atom is 0.266 e. The Kier molecular flexibility index (Phi) is 5.94. The smallest absolute Gasteiger partial charge is 0.266 e. The number of Topliss-reactive ketones (excluding diaryl/α,β-unsaturated/α-hetero) is 1. The fourth-order valence-electron chi connectivity index (χ4n) is 5.02. The quantitative estimate of drug-likeness (QED) is 0.464. The summed E-state index contributed by atoms with van der Waals surface area (Å²) in [6, 6.07) is 15.2. The molecule has 3 amide bonds. The number of para-hydroxylation sites is 1. The van der Waals surface area contributed by atoms with Crippen LogP contribution in [0.1, 0.15) is 86.7 Å². The second-order valence-electron chi connectivity index (χ2n) is 9.96. The van der Waals surface area contributed by atoms with Gasteiger partial charge < -0.3 is 10.1 Å². The van der Waals surface area contributed by atoms with Crippen LogP contribution in [0.3, 0.4) is 0 Å². The molecule has 3 aromatic rings. The van der Waals surface area contributed by atoms with E-state index in [1.165, 1.54) is 23.1 Å². The molecular formula is C30H28N2O5. The van der Waals surface area contributed by atoms with E-state index in [1.807, 2.05) is 45.9 Å². The van der Waals surface area contributed by atoms with Gasteiger partial charge in [0, 0.05) is 11.3 Å². The third-order valence-corrected chi connectivity index (χ3v) is 6.85. The monoisotopic (exact) mass is 496 g/mol. The van der Waals surface area contributed by atoms with Crippen molar-refractivity contribution in [2.24, 2.45) is 0 Å². The molecule has 0 atom stereocenters. The highest BCUT2D eigenvalue weighted by molar-refractivity contribution is 6.35. The zero-order valence-electron chi connectivity index (χ0n) is 21.3. The van der Waals surface area contributed by atoms with Crippen LogP contribution in [-0.4, -0.2) is 29.1 Å². The summed E-state index contributed by atoms with van der Waals surface area (Å²) >= 11 is 0. The van der Waals surface area contributed by atoms with E-state index in [0.29, 0.717) is 35.5 Å². The number of carbonyl (C=O) groups excluding carboxylic acids is 4. The van der Waals surface area contributed by atoms with Crippen LogP contribution in [0.5, 0.6) is 5.75 Å². The number of benzene rings is 3. The lowest BCUT2D eigenvalue weighted by atomic mass is 9.93. The first-order valence-electron chi connectivity index (χ1n) is 12.4. The molecule has 5 rings (SSSR count). The van der Waals surface area contributed by atoms with Crippen LogP contribution in [0.25, 0.3) is 0 Å². The second-order valence-corrected chi connectivity index (χ2v) is 9.96. The molecule has 2 aliphatic rings. The van der Waals surface area contributed by atoms with Crippen molar-refractivity contribution in [1.29, 1.82) is 0 Å². The average Bonchev–Trinajstić information content (AvgIpc) is 3.12. The SMILES string of the molecule is CCc1cccc(CC)c1N1C(=O)c2ccc(C(=O)Nc3ccc4c(c3)C(=O)CC(C)(C)O4)cc2C1=O. The lowest BCUT2D eigenvalue weighted by molar-refractivity contribution is 0.0619. The van der Waals surface area contributed by atoms with Gasteiger partial charge >= 0.3 is 0 Å². The molecule has 7 nitrogen and oxygen atoms in total. The fourth-order valence-corrected chi connectivity index (χ4v) is 5.02. The highest BCUT2D eigenvalue weighted by Crippen LogP contribution is 2.36. The van der Waals surface area contributed by atoms with Gasteiger partial charge in [0.05, 0.1) is 28.8 Å². The van der Waals surface area contributed by atoms with Crippen LogP contribution >= 0.6 is 0 Å². The number of imide groups is 1. The Balaban J connectivity index is 1.43. The molecule has 7 heteroatoms. The predicted octanol–water partition coefficient (Wildman–Crippen LogP) is 5.61. The second kappa shape index (κ2) is 9.00. The van der Waals surface area contributed by atoms with Gasteiger partial charge in [0.25, 0.3) is 17.7 Å². The van der Waals surface area contributed by atoms with E-state index in [2.05, 4.69) is 5.32 Å². The number of aryl methyl sites for hydroxylation is 2. The van der Waals surface area contributed by atoms with E-state index < -0.39 is 23.3 Å². The minimum Gasteiger partial charge on any atom is -0.487 e. The van der Waals surface area contributed by atoms with Crippen LogP contribution < -0.4 is 15.0 Å². The molecule has 2 heterocycles. The summed E-state index contributed by atoms with van der Waals surface area (Å²) in [6.45, 7) is 7.68. The van der Waals surface area contributed by atoms with Crippen LogP contribution in [-0.2, 0) is 12.8 Å². The molecule has 0 bridgehead atoms. The molecule has 2 aliphatic heterocycles. The highest BCUT2D eigenvalue weighted by Gasteiger charge is 2.39. The summed E-state index contributed by atoms with van der Waals surface area (Å²) in [5.41, 5.74) is 3.46. The molecule has 0 aromatic heterocycles. The Morgan fingerprint density at radius 1 is 0.892 bits per heavy atom. The van der Waals surface area contributed by atoms with Gasteiger partial charge in [-0.15, -0.1) is 0 Å². The zero-order valence-corrected chi connectivity index (χ0v) is 21.3. The molecule has 0 saturated carbocycles. The molecule has 188 valence electrons. The van der Waals surface area contributed by atoms with Crippen LogP contribution in [0.4, 0.5) is 11.4 Å². The maximum atomic E-state index is 13.4. The average molecular weight is 497 g/mol. The normalized spacial score (nSPS) is 15.8. The Morgan fingerprint density at radius 3 is 2.24 bits per heavy atom. The van der Waals surface area contributed by atoms with Gasteiger partial charge in [-0.05, 0) is 74.2 Å². The Hall–Kier alpha value is -4.26. The number of ketones is 1. The largest absolute Gasteiger partial charge is 0.487 e. The van der Waals surface area contributed by atoms with Gasteiger partial charge in [0.1, 0.15) is 11.4 Å². The molecule has 0 saturated heterocycles. The third-order valence-electron chi connectivity index (χ3n) is 6.85. The van der Waals surface area contributed by atoms with Crippen molar-refractivity contribution in [3.63, 3.8) is 0 Å². The van der Waals surface area contributed by atoms with Gasteiger partial charge in [0.2, 0.25) is 0 Å². The minimum atomic E-state index is -0.577. The number of hydrogen-bond donors (Lipinski definition) is 1. The van der Waals surface area contributed by atoms with E-state index in [4.69, 9.17) is 4.74 Å². The van der Waals surface area contributed by atoms with Gasteiger partial charge in [-0.1, -0.05) is 32.0 Å². The van der Waals surface area contributed by atoms with Crippen molar-refractivity contribution in [3.8, 4) is 5.75 Å². The first kappa shape index (κ1) is 24.4. The van der Waals surface area contributed by atoms with Crippen molar-refractivity contribution in [2.45, 2.75) is 52.6 Å². The van der Waals surface area contributed by atoms with Crippen molar-refractivity contribution in [3.05, 3.63) is 88.0 Å². The Bertz CT molecular complexity index is 1470. The Labute approximate surface area is 215 Å². The van der Waals surface area contributed by atoms with Crippen LogP contribution in [0.2, 0.25) is 0 Å². The van der Waals surface area contributed by atoms with Crippen molar-refractivity contribution in [1.82, 2.24) is 0 Å². The summed E-state index contributed by atoms with van der Waals surface area (Å²) in [6.07, 6.45) is 1.60. The van der Waals surface area contributed by atoms with E-state index in [9.17, 15) is 19.2 Å². The third kappa shape index (κ3) is 4.20. The molecule has 0 unspecified atom stereocenters. The molecule has 37 heavy (non-hydrogen) atoms. The molecule has 0 fully saturated rings. The van der Waals surface area contributed by atoms with Crippen molar-refractivity contribution >= 4 is 34.9 Å². The molecule has 0 radical (unpaired) electrons. The number of nitrogens with one attached hydrogen (secondary N) is 1. The van der Waals surface area contributed by atoms with Crippen LogP contribution in [0.15, 0.2) is 54.6 Å². The number of anilines is 2. The number of ether oxygens (including phenoxy) is 1. The van der Waals surface area contributed by atoms with Crippen LogP contribution in [0, 0.1) is 0 Å². The number of fused-ring (bicyclic) bond motifs is 2. The Morgan fingerprint density at radius 2 is 1.57 bits per heavy atom. The summed E-state index contributed by atoms with van der Waals surface area (Å²) in [5, 5.41) is 2.79. The molecule has 1 N–H and O–H groups in total. The zero-order chi connectivity index (χ0) is 26.5.